The molecule has 17 heavy (non-hydrogen) atoms. The molecule has 1 aromatic carbocycles. The minimum absolute atomic E-state index is 0.122. The fourth-order valence-electron chi connectivity index (χ4n) is 2.11. The van der Waals surface area contributed by atoms with Crippen molar-refractivity contribution in [3.63, 3.8) is 0 Å². The van der Waals surface area contributed by atoms with Crippen molar-refractivity contribution in [2.75, 3.05) is 21.3 Å². The smallest absolute Gasteiger partial charge is 0.127 e. The maximum absolute atomic E-state index is 5.45. The second kappa shape index (κ2) is 5.41. The Morgan fingerprint density at radius 3 is 2.18 bits per heavy atom. The lowest BCUT2D eigenvalue weighted by molar-refractivity contribution is 0.277. The van der Waals surface area contributed by atoms with Crippen LogP contribution in [0.5, 0.6) is 11.5 Å². The van der Waals surface area contributed by atoms with Crippen LogP contribution in [0.4, 0.5) is 0 Å². The van der Waals surface area contributed by atoms with E-state index in [1.54, 1.807) is 14.2 Å². The minimum atomic E-state index is 0.122. The monoisotopic (exact) mass is 237 g/mol. The average Bonchev–Trinajstić information content (AvgIpc) is 2.28. The van der Waals surface area contributed by atoms with E-state index >= 15 is 0 Å². The Morgan fingerprint density at radius 1 is 1.12 bits per heavy atom. The zero-order valence-electron chi connectivity index (χ0n) is 11.6. The summed E-state index contributed by atoms with van der Waals surface area (Å²) in [6.45, 7) is 6.62. The largest absolute Gasteiger partial charge is 0.497 e. The Balaban J connectivity index is 3.20. The van der Waals surface area contributed by atoms with Crippen molar-refractivity contribution in [3.8, 4) is 11.5 Å². The molecule has 1 N–H and O–H groups in total. The van der Waals surface area contributed by atoms with Gasteiger partial charge in [0.1, 0.15) is 11.5 Å². The number of methoxy groups -OCH3 is 2. The number of hydrogen-bond acceptors (Lipinski definition) is 3. The highest BCUT2D eigenvalue weighted by molar-refractivity contribution is 5.43. The van der Waals surface area contributed by atoms with Gasteiger partial charge in [0.05, 0.1) is 14.2 Å². The molecular formula is C14H23NO2. The standard InChI is InChI=1S/C14H23NO2/c1-14(2,3)13(15-4)11-8-7-10(16-5)9-12(11)17-6/h7-9,13,15H,1-6H3. The highest BCUT2D eigenvalue weighted by Gasteiger charge is 2.27. The molecule has 0 spiro atoms. The van der Waals surface area contributed by atoms with E-state index in [0.29, 0.717) is 0 Å². The lowest BCUT2D eigenvalue weighted by Crippen LogP contribution is -2.29. The van der Waals surface area contributed by atoms with Gasteiger partial charge in [0.15, 0.2) is 0 Å². The molecule has 1 unspecified atom stereocenters. The second-order valence-electron chi connectivity index (χ2n) is 5.20. The molecule has 96 valence electrons. The van der Waals surface area contributed by atoms with Crippen molar-refractivity contribution < 1.29 is 9.47 Å². The van der Waals surface area contributed by atoms with Crippen LogP contribution in [0.15, 0.2) is 18.2 Å². The van der Waals surface area contributed by atoms with Gasteiger partial charge in [-0.25, -0.2) is 0 Å². The van der Waals surface area contributed by atoms with Gasteiger partial charge in [-0.05, 0) is 18.5 Å². The molecule has 0 amide bonds. The topological polar surface area (TPSA) is 30.5 Å². The lowest BCUT2D eigenvalue weighted by Gasteiger charge is -2.31. The van der Waals surface area contributed by atoms with Gasteiger partial charge in [-0.1, -0.05) is 26.8 Å². The van der Waals surface area contributed by atoms with Gasteiger partial charge in [0, 0.05) is 17.7 Å². The van der Waals surface area contributed by atoms with E-state index in [-0.39, 0.29) is 11.5 Å². The molecule has 1 aromatic rings. The molecule has 1 rings (SSSR count). The highest BCUT2D eigenvalue weighted by atomic mass is 16.5. The molecule has 0 heterocycles. The quantitative estimate of drug-likeness (QED) is 0.873. The minimum Gasteiger partial charge on any atom is -0.497 e. The molecule has 1 atom stereocenters. The second-order valence-corrected chi connectivity index (χ2v) is 5.20. The van der Waals surface area contributed by atoms with Crippen LogP contribution >= 0.6 is 0 Å². The summed E-state index contributed by atoms with van der Waals surface area (Å²) in [7, 11) is 5.32. The number of hydrogen-bond donors (Lipinski definition) is 1. The van der Waals surface area contributed by atoms with E-state index in [4.69, 9.17) is 9.47 Å². The predicted molar refractivity (Wildman–Crippen MR) is 70.8 cm³/mol. The molecule has 0 bridgehead atoms. The third-order valence-electron chi connectivity index (χ3n) is 2.91. The normalized spacial score (nSPS) is 13.3. The van der Waals surface area contributed by atoms with Crippen LogP contribution in [0.2, 0.25) is 0 Å². The first-order chi connectivity index (χ1) is 7.93. The number of nitrogens with one attached hydrogen (secondary N) is 1. The fraction of sp³-hybridized carbons (Fsp3) is 0.571. The maximum atomic E-state index is 5.45. The van der Waals surface area contributed by atoms with Crippen molar-refractivity contribution in [1.29, 1.82) is 0 Å². The first-order valence-electron chi connectivity index (χ1n) is 5.83. The van der Waals surface area contributed by atoms with Gasteiger partial charge in [-0.3, -0.25) is 0 Å². The Bertz CT molecular complexity index is 369. The lowest BCUT2D eigenvalue weighted by atomic mass is 9.82. The molecule has 3 nitrogen and oxygen atoms in total. The summed E-state index contributed by atoms with van der Waals surface area (Å²) in [5.41, 5.74) is 1.28. The van der Waals surface area contributed by atoms with E-state index in [2.05, 4.69) is 32.2 Å². The zero-order chi connectivity index (χ0) is 13.1. The SMILES string of the molecule is CNC(c1ccc(OC)cc1OC)C(C)(C)C. The molecule has 3 heteroatoms. The summed E-state index contributed by atoms with van der Waals surface area (Å²) >= 11 is 0. The van der Waals surface area contributed by atoms with E-state index in [1.807, 2.05) is 19.2 Å². The zero-order valence-corrected chi connectivity index (χ0v) is 11.6. The molecule has 0 saturated heterocycles. The summed E-state index contributed by atoms with van der Waals surface area (Å²) in [5.74, 6) is 1.67. The fourth-order valence-corrected chi connectivity index (χ4v) is 2.11. The van der Waals surface area contributed by atoms with Crippen LogP contribution < -0.4 is 14.8 Å². The molecule has 0 aliphatic heterocycles. The van der Waals surface area contributed by atoms with Crippen molar-refractivity contribution in [3.05, 3.63) is 23.8 Å². The Labute approximate surface area is 104 Å². The van der Waals surface area contributed by atoms with Gasteiger partial charge in [-0.2, -0.15) is 0 Å². The number of ether oxygens (including phenoxy) is 2. The summed E-state index contributed by atoms with van der Waals surface area (Å²) in [5, 5.41) is 3.35. The summed E-state index contributed by atoms with van der Waals surface area (Å²) < 4.78 is 10.7. The predicted octanol–water partition coefficient (Wildman–Crippen LogP) is 3.01. The van der Waals surface area contributed by atoms with Crippen LogP contribution in [0.1, 0.15) is 32.4 Å². The van der Waals surface area contributed by atoms with E-state index < -0.39 is 0 Å². The van der Waals surface area contributed by atoms with Crippen molar-refractivity contribution >= 4 is 0 Å². The van der Waals surface area contributed by atoms with Crippen LogP contribution in [0.25, 0.3) is 0 Å². The van der Waals surface area contributed by atoms with Crippen LogP contribution in [0, 0.1) is 5.41 Å². The van der Waals surface area contributed by atoms with Gasteiger partial charge in [0.25, 0.3) is 0 Å². The Hall–Kier alpha value is -1.22. The van der Waals surface area contributed by atoms with Gasteiger partial charge in [-0.15, -0.1) is 0 Å². The van der Waals surface area contributed by atoms with E-state index in [1.165, 1.54) is 0 Å². The molecule has 0 saturated carbocycles. The van der Waals surface area contributed by atoms with Crippen LogP contribution in [0.3, 0.4) is 0 Å². The molecule has 0 aliphatic carbocycles. The Kier molecular flexibility index (Phi) is 4.40. The van der Waals surface area contributed by atoms with Crippen LogP contribution in [-0.2, 0) is 0 Å². The van der Waals surface area contributed by atoms with Gasteiger partial charge < -0.3 is 14.8 Å². The molecule has 0 fully saturated rings. The maximum Gasteiger partial charge on any atom is 0.127 e. The molecule has 0 radical (unpaired) electrons. The third-order valence-corrected chi connectivity index (χ3v) is 2.91. The third kappa shape index (κ3) is 3.13. The average molecular weight is 237 g/mol. The first kappa shape index (κ1) is 13.8. The van der Waals surface area contributed by atoms with Gasteiger partial charge >= 0.3 is 0 Å². The number of rotatable bonds is 4. The summed E-state index contributed by atoms with van der Waals surface area (Å²) in [6.07, 6.45) is 0. The van der Waals surface area contributed by atoms with Crippen molar-refractivity contribution in [2.45, 2.75) is 26.8 Å². The molecule has 0 aromatic heterocycles. The van der Waals surface area contributed by atoms with E-state index in [0.717, 1.165) is 17.1 Å². The summed E-state index contributed by atoms with van der Waals surface area (Å²) in [6, 6.07) is 6.19. The number of benzene rings is 1. The Morgan fingerprint density at radius 2 is 1.76 bits per heavy atom. The molecule has 0 aliphatic rings. The van der Waals surface area contributed by atoms with E-state index in [9.17, 15) is 0 Å². The highest BCUT2D eigenvalue weighted by Crippen LogP contribution is 2.38. The molecular weight excluding hydrogens is 214 g/mol. The van der Waals surface area contributed by atoms with Crippen LogP contribution in [-0.4, -0.2) is 21.3 Å². The first-order valence-corrected chi connectivity index (χ1v) is 5.83. The van der Waals surface area contributed by atoms with Gasteiger partial charge in [0.2, 0.25) is 0 Å². The van der Waals surface area contributed by atoms with Crippen molar-refractivity contribution in [1.82, 2.24) is 5.32 Å². The van der Waals surface area contributed by atoms with Crippen molar-refractivity contribution in [2.24, 2.45) is 5.41 Å². The summed E-state index contributed by atoms with van der Waals surface area (Å²) in [4.78, 5) is 0.